The number of nitrogens with one attached hydrogen (secondary N) is 1. The second kappa shape index (κ2) is 17.4. The molecule has 0 spiro atoms. The van der Waals surface area contributed by atoms with Gasteiger partial charge in [-0.05, 0) is 71.1 Å². The van der Waals surface area contributed by atoms with Gasteiger partial charge >= 0.3 is 5.97 Å². The molecule has 4 aromatic carbocycles. The molecule has 0 aromatic heterocycles. The van der Waals surface area contributed by atoms with E-state index in [-0.39, 0.29) is 49.2 Å². The Morgan fingerprint density at radius 2 is 1.58 bits per heavy atom. The third-order valence-corrected chi connectivity index (χ3v) is 9.06. The molecule has 0 radical (unpaired) electrons. The number of ether oxygens (including phenoxy) is 2. The predicted molar refractivity (Wildman–Crippen MR) is 189 cm³/mol. The molecule has 0 unspecified atom stereocenters. The predicted octanol–water partition coefficient (Wildman–Crippen LogP) is 5.88. The van der Waals surface area contributed by atoms with Crippen LogP contribution in [-0.4, -0.2) is 63.4 Å². The summed E-state index contributed by atoms with van der Waals surface area (Å²) >= 11 is 0. The summed E-state index contributed by atoms with van der Waals surface area (Å²) in [4.78, 5) is 25.0. The molecule has 10 heteroatoms. The minimum Gasteiger partial charge on any atom is -0.508 e. The number of amides is 1. The molecule has 0 saturated carbocycles. The zero-order valence-electron chi connectivity index (χ0n) is 28.4. The maximum Gasteiger partial charge on any atom is 0.303 e. The molecule has 5 N–H and O–H groups in total. The Morgan fingerprint density at radius 3 is 2.30 bits per heavy atom. The van der Waals surface area contributed by atoms with Gasteiger partial charge in [-0.3, -0.25) is 9.59 Å². The van der Waals surface area contributed by atoms with E-state index in [9.17, 15) is 24.9 Å². The van der Waals surface area contributed by atoms with Crippen molar-refractivity contribution in [1.82, 2.24) is 10.2 Å². The van der Waals surface area contributed by atoms with Crippen LogP contribution in [0.25, 0.3) is 11.1 Å². The standard InChI is InChI=1S/C40H46N2O8/c1-26-36(24-42(2)23-35(45)32-10-5-12-34(44)21-32)49-40(50-39(26)29-17-15-27(25-43)16-18-29)33-11-4-9-31(20-33)30-8-3-7-28(19-30)22-41-37(46)13-6-14-38(47)48/h3-5,7-12,15-21,26,35-36,39-40,43-45H,6,13-14,22-25H2,1-2H3,(H,41,46)(H,47,48)/t26-,35+,36+,39+,40+/m0/s1. The fourth-order valence-electron chi connectivity index (χ4n) is 6.26. The molecule has 1 saturated heterocycles. The van der Waals surface area contributed by atoms with Crippen molar-refractivity contribution in [1.29, 1.82) is 0 Å². The minimum atomic E-state index is -0.914. The Labute approximate surface area is 292 Å². The van der Waals surface area contributed by atoms with E-state index in [2.05, 4.69) is 12.2 Å². The lowest BCUT2D eigenvalue weighted by Gasteiger charge is -2.42. The summed E-state index contributed by atoms with van der Waals surface area (Å²) in [5.41, 5.74) is 6.10. The molecule has 0 bridgehead atoms. The number of aliphatic carboxylic acids is 1. The molecule has 0 aliphatic carbocycles. The number of carbonyl (C=O) groups is 2. The summed E-state index contributed by atoms with van der Waals surface area (Å²) in [6.07, 6.45) is -1.62. The Bertz CT molecular complexity index is 1730. The van der Waals surface area contributed by atoms with Gasteiger partial charge in [-0.25, -0.2) is 0 Å². The van der Waals surface area contributed by atoms with Gasteiger partial charge in [-0.2, -0.15) is 0 Å². The van der Waals surface area contributed by atoms with E-state index in [1.54, 1.807) is 24.3 Å². The van der Waals surface area contributed by atoms with Gasteiger partial charge in [0.1, 0.15) is 5.75 Å². The molecule has 264 valence electrons. The van der Waals surface area contributed by atoms with E-state index in [1.807, 2.05) is 84.7 Å². The zero-order chi connectivity index (χ0) is 35.6. The summed E-state index contributed by atoms with van der Waals surface area (Å²) in [5.74, 6) is -1.04. The molecule has 5 rings (SSSR count). The van der Waals surface area contributed by atoms with E-state index in [0.717, 1.165) is 33.4 Å². The molecule has 1 aliphatic heterocycles. The molecule has 4 aromatic rings. The Kier molecular flexibility index (Phi) is 12.8. The van der Waals surface area contributed by atoms with Crippen molar-refractivity contribution in [2.75, 3.05) is 20.1 Å². The first-order valence-electron chi connectivity index (χ1n) is 16.9. The maximum atomic E-state index is 12.2. The largest absolute Gasteiger partial charge is 0.508 e. The van der Waals surface area contributed by atoms with Crippen molar-refractivity contribution in [3.63, 3.8) is 0 Å². The van der Waals surface area contributed by atoms with Crippen LogP contribution in [0.2, 0.25) is 0 Å². The first-order chi connectivity index (χ1) is 24.1. The SMILES string of the molecule is C[C@H]1[C@@H](CN(C)C[C@@H](O)c2cccc(O)c2)O[C@@H](c2cccc(-c3cccc(CNC(=O)CCCC(=O)O)c3)c2)O[C@H]1c1ccc(CO)cc1. The van der Waals surface area contributed by atoms with Gasteiger partial charge in [0.2, 0.25) is 5.91 Å². The van der Waals surface area contributed by atoms with Crippen LogP contribution < -0.4 is 5.32 Å². The average Bonchev–Trinajstić information content (AvgIpc) is 3.11. The van der Waals surface area contributed by atoms with Crippen LogP contribution in [0.5, 0.6) is 5.75 Å². The molecular formula is C40H46N2O8. The van der Waals surface area contributed by atoms with Gasteiger partial charge in [0.25, 0.3) is 0 Å². The number of carboxylic acids is 1. The van der Waals surface area contributed by atoms with Crippen molar-refractivity contribution in [3.05, 3.63) is 125 Å². The van der Waals surface area contributed by atoms with Crippen LogP contribution in [-0.2, 0) is 32.2 Å². The van der Waals surface area contributed by atoms with Gasteiger partial charge in [-0.15, -0.1) is 0 Å². The number of carboxylic acid groups (broad SMARTS) is 1. The number of aliphatic hydroxyl groups excluding tert-OH is 2. The second-order valence-electron chi connectivity index (χ2n) is 13.0. The number of benzene rings is 4. The lowest BCUT2D eigenvalue weighted by molar-refractivity contribution is -0.276. The summed E-state index contributed by atoms with van der Waals surface area (Å²) in [6, 6.07) is 30.3. The number of hydrogen-bond acceptors (Lipinski definition) is 8. The van der Waals surface area contributed by atoms with E-state index < -0.39 is 18.4 Å². The van der Waals surface area contributed by atoms with Crippen LogP contribution in [0, 0.1) is 5.92 Å². The van der Waals surface area contributed by atoms with Crippen LogP contribution in [0.15, 0.2) is 97.1 Å². The Morgan fingerprint density at radius 1 is 0.860 bits per heavy atom. The number of nitrogens with zero attached hydrogens (tertiary/aromatic N) is 1. The Hall–Kier alpha value is -4.58. The van der Waals surface area contributed by atoms with Gasteiger partial charge in [0, 0.05) is 44.0 Å². The van der Waals surface area contributed by atoms with Crippen LogP contribution in [0.1, 0.15) is 72.5 Å². The summed E-state index contributed by atoms with van der Waals surface area (Å²) in [7, 11) is 1.93. The fourth-order valence-corrected chi connectivity index (χ4v) is 6.26. The number of rotatable bonds is 15. The number of phenols is 1. The number of aromatic hydroxyl groups is 1. The second-order valence-corrected chi connectivity index (χ2v) is 13.0. The number of phenolic OH excluding ortho intramolecular Hbond substituents is 1. The van der Waals surface area contributed by atoms with E-state index in [4.69, 9.17) is 14.6 Å². The molecule has 1 heterocycles. The highest BCUT2D eigenvalue weighted by atomic mass is 16.7. The smallest absolute Gasteiger partial charge is 0.303 e. The molecular weight excluding hydrogens is 636 g/mol. The average molecular weight is 683 g/mol. The third kappa shape index (κ3) is 9.99. The fraction of sp³-hybridized carbons (Fsp3) is 0.350. The van der Waals surface area contributed by atoms with E-state index in [0.29, 0.717) is 31.6 Å². The third-order valence-electron chi connectivity index (χ3n) is 9.06. The topological polar surface area (TPSA) is 149 Å². The van der Waals surface area contributed by atoms with Gasteiger partial charge < -0.3 is 40.1 Å². The number of carbonyl (C=O) groups excluding carboxylic acids is 1. The molecule has 1 fully saturated rings. The number of likely N-dealkylation sites (N-methyl/N-ethyl adjacent to an activating group) is 1. The molecule has 5 atom stereocenters. The maximum absolute atomic E-state index is 12.2. The molecule has 1 aliphatic rings. The zero-order valence-corrected chi connectivity index (χ0v) is 28.4. The van der Waals surface area contributed by atoms with Crippen molar-refractivity contribution >= 4 is 11.9 Å². The monoisotopic (exact) mass is 682 g/mol. The highest BCUT2D eigenvalue weighted by molar-refractivity contribution is 5.76. The van der Waals surface area contributed by atoms with Crippen LogP contribution in [0.4, 0.5) is 0 Å². The highest BCUT2D eigenvalue weighted by Gasteiger charge is 2.39. The summed E-state index contributed by atoms with van der Waals surface area (Å²) in [5, 5.41) is 42.1. The lowest BCUT2D eigenvalue weighted by Crippen LogP contribution is -2.44. The number of aliphatic hydroxyl groups is 2. The van der Waals surface area contributed by atoms with Crippen molar-refractivity contribution in [2.45, 2.75) is 63.9 Å². The summed E-state index contributed by atoms with van der Waals surface area (Å²) < 4.78 is 13.4. The molecule has 10 nitrogen and oxygen atoms in total. The van der Waals surface area contributed by atoms with Gasteiger partial charge in [0.15, 0.2) is 6.29 Å². The van der Waals surface area contributed by atoms with E-state index in [1.165, 1.54) is 0 Å². The van der Waals surface area contributed by atoms with E-state index >= 15 is 0 Å². The van der Waals surface area contributed by atoms with Crippen molar-refractivity contribution < 1.29 is 39.5 Å². The van der Waals surface area contributed by atoms with Crippen LogP contribution >= 0.6 is 0 Å². The lowest BCUT2D eigenvalue weighted by atomic mass is 9.89. The highest BCUT2D eigenvalue weighted by Crippen LogP contribution is 2.42. The molecule has 50 heavy (non-hydrogen) atoms. The first kappa shape index (κ1) is 36.7. The van der Waals surface area contributed by atoms with Crippen molar-refractivity contribution in [2.24, 2.45) is 5.92 Å². The number of hydrogen-bond donors (Lipinski definition) is 5. The normalized spacial score (nSPS) is 19.6. The van der Waals surface area contributed by atoms with Gasteiger partial charge in [0.05, 0.1) is 24.9 Å². The van der Waals surface area contributed by atoms with Crippen LogP contribution in [0.3, 0.4) is 0 Å². The minimum absolute atomic E-state index is 0.0374. The first-order valence-corrected chi connectivity index (χ1v) is 16.9. The van der Waals surface area contributed by atoms with Crippen molar-refractivity contribution in [3.8, 4) is 16.9 Å². The quantitative estimate of drug-likeness (QED) is 0.104. The Balaban J connectivity index is 1.33. The summed E-state index contributed by atoms with van der Waals surface area (Å²) in [6.45, 7) is 3.24. The molecule has 1 amide bonds. The van der Waals surface area contributed by atoms with Gasteiger partial charge in [-0.1, -0.05) is 79.7 Å².